The number of carbonyl (C=O) groups excluding carboxylic acids is 1. The molecule has 2 N–H and O–H groups in total. The molecule has 0 atom stereocenters. The van der Waals surface area contributed by atoms with Crippen LogP contribution in [-0.2, 0) is 0 Å². The minimum atomic E-state index is -0.436. The summed E-state index contributed by atoms with van der Waals surface area (Å²) in [7, 11) is 3.05. The number of rotatable bonds is 4. The van der Waals surface area contributed by atoms with E-state index in [9.17, 15) is 9.18 Å². The van der Waals surface area contributed by atoms with Gasteiger partial charge in [-0.25, -0.2) is 4.39 Å². The predicted octanol–water partition coefficient (Wildman–Crippen LogP) is 3.88. The molecule has 0 saturated carbocycles. The number of amides is 1. The van der Waals surface area contributed by atoms with Crippen LogP contribution >= 0.6 is 0 Å². The summed E-state index contributed by atoms with van der Waals surface area (Å²) in [5.74, 6) is 0.229. The number of fused-ring (bicyclic) bond motifs is 1. The van der Waals surface area contributed by atoms with Crippen molar-refractivity contribution in [2.75, 3.05) is 19.5 Å². The summed E-state index contributed by atoms with van der Waals surface area (Å²) >= 11 is 0. The molecule has 0 aliphatic heterocycles. The summed E-state index contributed by atoms with van der Waals surface area (Å²) in [6.45, 7) is 1.74. The molecule has 0 fully saturated rings. The molecule has 1 heterocycles. The first-order chi connectivity index (χ1) is 11.5. The quantitative estimate of drug-likeness (QED) is 0.764. The molecule has 0 aliphatic carbocycles. The van der Waals surface area contributed by atoms with Crippen molar-refractivity contribution in [3.8, 4) is 11.5 Å². The van der Waals surface area contributed by atoms with Crippen molar-refractivity contribution in [1.29, 1.82) is 0 Å². The Balaban J connectivity index is 1.98. The SMILES string of the molecule is COc1ccc(NC(=O)c2c(C)[nH]c3cccc(F)c23)cc1OC. The van der Waals surface area contributed by atoms with Crippen LogP contribution in [0.15, 0.2) is 36.4 Å². The van der Waals surface area contributed by atoms with E-state index >= 15 is 0 Å². The third kappa shape index (κ3) is 2.67. The van der Waals surface area contributed by atoms with Crippen molar-refractivity contribution in [3.05, 3.63) is 53.5 Å². The smallest absolute Gasteiger partial charge is 0.258 e. The second kappa shape index (κ2) is 6.23. The average molecular weight is 328 g/mol. The average Bonchev–Trinajstić information content (AvgIpc) is 2.92. The molecule has 5 nitrogen and oxygen atoms in total. The first kappa shape index (κ1) is 15.9. The van der Waals surface area contributed by atoms with Gasteiger partial charge in [0.25, 0.3) is 5.91 Å². The Labute approximate surface area is 138 Å². The van der Waals surface area contributed by atoms with Gasteiger partial charge in [0.1, 0.15) is 5.82 Å². The van der Waals surface area contributed by atoms with Gasteiger partial charge >= 0.3 is 0 Å². The number of ether oxygens (including phenoxy) is 2. The van der Waals surface area contributed by atoms with Gasteiger partial charge in [-0.15, -0.1) is 0 Å². The van der Waals surface area contributed by atoms with Gasteiger partial charge in [0.05, 0.1) is 19.8 Å². The number of hydrogen-bond acceptors (Lipinski definition) is 3. The minimum absolute atomic E-state index is 0.285. The second-order valence-electron chi connectivity index (χ2n) is 5.31. The van der Waals surface area contributed by atoms with E-state index in [-0.39, 0.29) is 10.9 Å². The van der Waals surface area contributed by atoms with Crippen LogP contribution in [0.25, 0.3) is 10.9 Å². The van der Waals surface area contributed by atoms with Crippen molar-refractivity contribution >= 4 is 22.5 Å². The normalized spacial score (nSPS) is 10.7. The summed E-state index contributed by atoms with van der Waals surface area (Å²) in [5.41, 5.74) is 2.01. The molecule has 6 heteroatoms. The van der Waals surface area contributed by atoms with Gasteiger partial charge < -0.3 is 19.8 Å². The minimum Gasteiger partial charge on any atom is -0.493 e. The lowest BCUT2D eigenvalue weighted by molar-refractivity contribution is 0.102. The number of anilines is 1. The van der Waals surface area contributed by atoms with Crippen molar-refractivity contribution in [2.24, 2.45) is 0 Å². The highest BCUT2D eigenvalue weighted by molar-refractivity contribution is 6.14. The van der Waals surface area contributed by atoms with Gasteiger partial charge in [-0.2, -0.15) is 0 Å². The van der Waals surface area contributed by atoms with Gasteiger partial charge in [0.2, 0.25) is 0 Å². The monoisotopic (exact) mass is 328 g/mol. The van der Waals surface area contributed by atoms with Gasteiger partial charge in [0, 0.05) is 28.4 Å². The van der Waals surface area contributed by atoms with Crippen LogP contribution in [0.3, 0.4) is 0 Å². The van der Waals surface area contributed by atoms with Crippen LogP contribution in [0.4, 0.5) is 10.1 Å². The van der Waals surface area contributed by atoms with E-state index in [1.807, 2.05) is 0 Å². The highest BCUT2D eigenvalue weighted by Gasteiger charge is 2.19. The fraction of sp³-hybridized carbons (Fsp3) is 0.167. The van der Waals surface area contributed by atoms with Crippen molar-refractivity contribution in [3.63, 3.8) is 0 Å². The molecule has 0 bridgehead atoms. The summed E-state index contributed by atoms with van der Waals surface area (Å²) < 4.78 is 24.5. The molecule has 0 aliphatic rings. The molecule has 1 aromatic heterocycles. The molecule has 0 radical (unpaired) electrons. The number of methoxy groups -OCH3 is 2. The number of aromatic amines is 1. The van der Waals surface area contributed by atoms with Gasteiger partial charge in [-0.05, 0) is 31.2 Å². The number of nitrogens with one attached hydrogen (secondary N) is 2. The highest BCUT2D eigenvalue weighted by atomic mass is 19.1. The Kier molecular flexibility index (Phi) is 4.12. The zero-order chi connectivity index (χ0) is 17.3. The fourth-order valence-corrected chi connectivity index (χ4v) is 2.73. The fourth-order valence-electron chi connectivity index (χ4n) is 2.73. The Hall–Kier alpha value is -3.02. The first-order valence-electron chi connectivity index (χ1n) is 7.35. The van der Waals surface area contributed by atoms with E-state index in [4.69, 9.17) is 9.47 Å². The number of hydrogen-bond donors (Lipinski definition) is 2. The largest absolute Gasteiger partial charge is 0.493 e. The van der Waals surface area contributed by atoms with E-state index in [0.29, 0.717) is 28.4 Å². The van der Waals surface area contributed by atoms with Crippen LogP contribution < -0.4 is 14.8 Å². The molecule has 24 heavy (non-hydrogen) atoms. The lowest BCUT2D eigenvalue weighted by atomic mass is 10.1. The maximum Gasteiger partial charge on any atom is 0.258 e. The predicted molar refractivity (Wildman–Crippen MR) is 90.5 cm³/mol. The zero-order valence-corrected chi connectivity index (χ0v) is 13.6. The van der Waals surface area contributed by atoms with Gasteiger partial charge in [-0.3, -0.25) is 4.79 Å². The number of aromatic nitrogens is 1. The summed E-state index contributed by atoms with van der Waals surface area (Å²) in [5, 5.41) is 3.05. The number of carbonyl (C=O) groups is 1. The number of H-pyrrole nitrogens is 1. The molecule has 0 unspecified atom stereocenters. The van der Waals surface area contributed by atoms with E-state index in [1.165, 1.54) is 20.3 Å². The summed E-state index contributed by atoms with van der Waals surface area (Å²) in [6.07, 6.45) is 0. The van der Waals surface area contributed by atoms with E-state index in [1.54, 1.807) is 37.3 Å². The number of benzene rings is 2. The second-order valence-corrected chi connectivity index (χ2v) is 5.31. The van der Waals surface area contributed by atoms with Crippen LogP contribution in [0.5, 0.6) is 11.5 Å². The van der Waals surface area contributed by atoms with E-state index in [2.05, 4.69) is 10.3 Å². The first-order valence-corrected chi connectivity index (χ1v) is 7.35. The Morgan fingerprint density at radius 3 is 2.58 bits per heavy atom. The maximum atomic E-state index is 14.1. The standard InChI is InChI=1S/C18H17FN2O3/c1-10-16(17-12(19)5-4-6-13(17)20-10)18(22)21-11-7-8-14(23-2)15(9-11)24-3/h4-9,20H,1-3H3,(H,21,22). The van der Waals surface area contributed by atoms with E-state index < -0.39 is 11.7 Å². The highest BCUT2D eigenvalue weighted by Crippen LogP contribution is 2.31. The van der Waals surface area contributed by atoms with Crippen molar-refractivity contribution < 1.29 is 18.7 Å². The lowest BCUT2D eigenvalue weighted by Gasteiger charge is -2.11. The van der Waals surface area contributed by atoms with Gasteiger partial charge in [0.15, 0.2) is 11.5 Å². The molecular formula is C18H17FN2O3. The summed E-state index contributed by atoms with van der Waals surface area (Å²) in [6, 6.07) is 9.71. The molecule has 0 spiro atoms. The molecular weight excluding hydrogens is 311 g/mol. The molecule has 3 rings (SSSR count). The van der Waals surface area contributed by atoms with Crippen LogP contribution in [-0.4, -0.2) is 25.1 Å². The van der Waals surface area contributed by atoms with Crippen LogP contribution in [0.2, 0.25) is 0 Å². The van der Waals surface area contributed by atoms with Crippen molar-refractivity contribution in [2.45, 2.75) is 6.92 Å². The Morgan fingerprint density at radius 2 is 1.88 bits per heavy atom. The molecule has 2 aromatic carbocycles. The Bertz CT molecular complexity index is 918. The molecule has 124 valence electrons. The van der Waals surface area contributed by atoms with Gasteiger partial charge in [-0.1, -0.05) is 6.07 Å². The molecule has 1 amide bonds. The third-order valence-electron chi connectivity index (χ3n) is 3.83. The summed E-state index contributed by atoms with van der Waals surface area (Å²) in [4.78, 5) is 15.7. The Morgan fingerprint density at radius 1 is 1.12 bits per heavy atom. The van der Waals surface area contributed by atoms with Crippen molar-refractivity contribution in [1.82, 2.24) is 4.98 Å². The number of aryl methyl sites for hydroxylation is 1. The van der Waals surface area contributed by atoms with Crippen LogP contribution in [0.1, 0.15) is 16.1 Å². The molecule has 0 saturated heterocycles. The molecule has 3 aromatic rings. The zero-order valence-electron chi connectivity index (χ0n) is 13.6. The topological polar surface area (TPSA) is 63.3 Å². The number of halogens is 1. The maximum absolute atomic E-state index is 14.1. The lowest BCUT2D eigenvalue weighted by Crippen LogP contribution is -2.13. The van der Waals surface area contributed by atoms with E-state index in [0.717, 1.165) is 0 Å². The van der Waals surface area contributed by atoms with Crippen LogP contribution in [0, 0.1) is 12.7 Å². The third-order valence-corrected chi connectivity index (χ3v) is 3.83.